The summed E-state index contributed by atoms with van der Waals surface area (Å²) in [6, 6.07) is 4.03. The topological polar surface area (TPSA) is 58.5 Å². The summed E-state index contributed by atoms with van der Waals surface area (Å²) in [6.07, 6.45) is 8.24. The zero-order valence-corrected chi connectivity index (χ0v) is 11.8. The molecule has 3 rings (SSSR count). The van der Waals surface area contributed by atoms with Crippen LogP contribution in [0.2, 0.25) is 0 Å². The largest absolute Gasteiger partial charge is 0.474 e. The van der Waals surface area contributed by atoms with Crippen LogP contribution in [0.3, 0.4) is 0 Å². The summed E-state index contributed by atoms with van der Waals surface area (Å²) in [5.74, 6) is 1.64. The lowest BCUT2D eigenvalue weighted by molar-refractivity contribution is 0.201. The van der Waals surface area contributed by atoms with E-state index in [4.69, 9.17) is 4.74 Å². The van der Waals surface area contributed by atoms with E-state index >= 15 is 0 Å². The summed E-state index contributed by atoms with van der Waals surface area (Å²) in [7, 11) is 0. The highest BCUT2D eigenvalue weighted by atomic mass is 16.5. The summed E-state index contributed by atoms with van der Waals surface area (Å²) in [5, 5.41) is 6.53. The van der Waals surface area contributed by atoms with Crippen molar-refractivity contribution in [2.45, 2.75) is 44.8 Å². The maximum Gasteiger partial charge on any atom is 0.213 e. The molecule has 0 saturated heterocycles. The summed E-state index contributed by atoms with van der Waals surface area (Å²) in [6.45, 7) is 2.64. The molecule has 1 aromatic rings. The molecular formula is C15H22N4O. The second-order valence-corrected chi connectivity index (χ2v) is 5.39. The Labute approximate surface area is 119 Å². The number of hydrogen-bond acceptors (Lipinski definition) is 5. The third-order valence-electron chi connectivity index (χ3n) is 3.74. The number of nitrogens with zero attached hydrogens (tertiary/aromatic N) is 2. The summed E-state index contributed by atoms with van der Waals surface area (Å²) < 4.78 is 5.86. The van der Waals surface area contributed by atoms with Crippen molar-refractivity contribution in [2.75, 3.05) is 13.1 Å². The summed E-state index contributed by atoms with van der Waals surface area (Å²) in [5.41, 5.74) is 1.14. The lowest BCUT2D eigenvalue weighted by atomic mass is 10.3. The molecule has 0 unspecified atom stereocenters. The van der Waals surface area contributed by atoms with Gasteiger partial charge in [0.25, 0.3) is 0 Å². The lowest BCUT2D eigenvalue weighted by Gasteiger charge is -2.16. The zero-order valence-electron chi connectivity index (χ0n) is 11.8. The Morgan fingerprint density at radius 1 is 1.25 bits per heavy atom. The smallest absolute Gasteiger partial charge is 0.213 e. The lowest BCUT2D eigenvalue weighted by Crippen LogP contribution is -2.40. The minimum Gasteiger partial charge on any atom is -0.474 e. The van der Waals surface area contributed by atoms with Gasteiger partial charge in [-0.1, -0.05) is 6.07 Å². The molecule has 5 nitrogen and oxygen atoms in total. The maximum absolute atomic E-state index is 5.86. The van der Waals surface area contributed by atoms with Crippen molar-refractivity contribution in [2.24, 2.45) is 4.99 Å². The number of pyridine rings is 1. The van der Waals surface area contributed by atoms with Crippen LogP contribution in [0.4, 0.5) is 0 Å². The highest BCUT2D eigenvalue weighted by Gasteiger charge is 2.16. The Bertz CT molecular complexity index is 451. The van der Waals surface area contributed by atoms with Crippen molar-refractivity contribution in [1.29, 1.82) is 0 Å². The van der Waals surface area contributed by atoms with Crippen LogP contribution in [0.5, 0.6) is 5.88 Å². The monoisotopic (exact) mass is 274 g/mol. The first-order valence-corrected chi connectivity index (χ1v) is 7.54. The van der Waals surface area contributed by atoms with Gasteiger partial charge in [-0.3, -0.25) is 4.99 Å². The van der Waals surface area contributed by atoms with E-state index in [0.29, 0.717) is 6.10 Å². The summed E-state index contributed by atoms with van der Waals surface area (Å²) in [4.78, 5) is 8.76. The first-order valence-electron chi connectivity index (χ1n) is 7.54. The van der Waals surface area contributed by atoms with Crippen molar-refractivity contribution in [1.82, 2.24) is 15.6 Å². The number of ether oxygens (including phenoxy) is 1. The third kappa shape index (κ3) is 3.62. The molecule has 1 aromatic heterocycles. The molecule has 0 spiro atoms. The first kappa shape index (κ1) is 13.2. The van der Waals surface area contributed by atoms with Gasteiger partial charge < -0.3 is 15.4 Å². The summed E-state index contributed by atoms with van der Waals surface area (Å²) >= 11 is 0. The zero-order chi connectivity index (χ0) is 13.6. The second kappa shape index (κ2) is 6.59. The predicted molar refractivity (Wildman–Crippen MR) is 78.9 cm³/mol. The Balaban J connectivity index is 1.49. The number of rotatable bonds is 4. The van der Waals surface area contributed by atoms with Crippen LogP contribution in [0.25, 0.3) is 0 Å². The van der Waals surface area contributed by atoms with Crippen LogP contribution in [0.1, 0.15) is 37.7 Å². The number of hydrogen-bond donors (Lipinski definition) is 2. The van der Waals surface area contributed by atoms with Gasteiger partial charge in [-0.2, -0.15) is 0 Å². The van der Waals surface area contributed by atoms with E-state index in [0.717, 1.165) is 56.3 Å². The third-order valence-corrected chi connectivity index (χ3v) is 3.74. The first-order chi connectivity index (χ1) is 9.90. The van der Waals surface area contributed by atoms with Gasteiger partial charge in [-0.05, 0) is 37.7 Å². The minimum absolute atomic E-state index is 0.368. The minimum atomic E-state index is 0.368. The van der Waals surface area contributed by atoms with Gasteiger partial charge in [-0.15, -0.1) is 0 Å². The molecule has 2 heterocycles. The van der Waals surface area contributed by atoms with Crippen molar-refractivity contribution in [3.05, 3.63) is 23.9 Å². The molecule has 1 fully saturated rings. The molecule has 108 valence electrons. The van der Waals surface area contributed by atoms with Crippen molar-refractivity contribution in [3.8, 4) is 5.88 Å². The number of aliphatic imine (C=N–C) groups is 1. The molecule has 20 heavy (non-hydrogen) atoms. The van der Waals surface area contributed by atoms with E-state index in [9.17, 15) is 0 Å². The molecule has 0 radical (unpaired) electrons. The highest BCUT2D eigenvalue weighted by Crippen LogP contribution is 2.22. The molecule has 0 amide bonds. The fourth-order valence-electron chi connectivity index (χ4n) is 2.60. The average molecular weight is 274 g/mol. The highest BCUT2D eigenvalue weighted by molar-refractivity contribution is 5.80. The van der Waals surface area contributed by atoms with Gasteiger partial charge in [0.15, 0.2) is 5.96 Å². The van der Waals surface area contributed by atoms with Gasteiger partial charge in [0.1, 0.15) is 6.10 Å². The Hall–Kier alpha value is -1.78. The Morgan fingerprint density at radius 2 is 2.15 bits per heavy atom. The molecule has 5 heteroatoms. The van der Waals surface area contributed by atoms with Crippen molar-refractivity contribution in [3.63, 3.8) is 0 Å². The van der Waals surface area contributed by atoms with E-state index in [-0.39, 0.29) is 0 Å². The van der Waals surface area contributed by atoms with E-state index in [2.05, 4.69) is 26.7 Å². The fraction of sp³-hybridized carbons (Fsp3) is 0.600. The van der Waals surface area contributed by atoms with Crippen LogP contribution in [-0.4, -0.2) is 30.1 Å². The van der Waals surface area contributed by atoms with E-state index in [1.165, 1.54) is 12.8 Å². The van der Waals surface area contributed by atoms with Gasteiger partial charge in [0.2, 0.25) is 5.88 Å². The second-order valence-electron chi connectivity index (χ2n) is 5.39. The normalized spacial score (nSPS) is 19.3. The molecular weight excluding hydrogens is 252 g/mol. The number of nitrogens with one attached hydrogen (secondary N) is 2. The van der Waals surface area contributed by atoms with Crippen LogP contribution in [0, 0.1) is 0 Å². The van der Waals surface area contributed by atoms with E-state index in [1.54, 1.807) is 0 Å². The Kier molecular flexibility index (Phi) is 4.35. The average Bonchev–Trinajstić information content (AvgIpc) is 3.01. The van der Waals surface area contributed by atoms with E-state index < -0.39 is 0 Å². The fourth-order valence-corrected chi connectivity index (χ4v) is 2.60. The maximum atomic E-state index is 5.86. The molecule has 2 aliphatic rings. The van der Waals surface area contributed by atoms with Gasteiger partial charge in [0.05, 0.1) is 0 Å². The van der Waals surface area contributed by atoms with Gasteiger partial charge in [0, 0.05) is 31.9 Å². The van der Waals surface area contributed by atoms with E-state index in [1.807, 2.05) is 12.3 Å². The van der Waals surface area contributed by atoms with Crippen LogP contribution < -0.4 is 15.4 Å². The van der Waals surface area contributed by atoms with Crippen molar-refractivity contribution >= 4 is 5.96 Å². The quantitative estimate of drug-likeness (QED) is 0.879. The molecule has 0 bridgehead atoms. The molecule has 0 atom stereocenters. The van der Waals surface area contributed by atoms with Crippen molar-refractivity contribution < 1.29 is 4.74 Å². The number of guanidine groups is 1. The molecule has 1 saturated carbocycles. The standard InChI is InChI=1S/C15H22N4O/c1-2-5-13(4-1)20-14-7-6-12(10-18-14)11-19-15-16-8-3-9-17-15/h6-7,10,13H,1-5,8-9,11H2,(H2,16,17,19). The van der Waals surface area contributed by atoms with Crippen LogP contribution in [-0.2, 0) is 6.54 Å². The van der Waals surface area contributed by atoms with Gasteiger partial charge in [-0.25, -0.2) is 4.98 Å². The molecule has 1 aliphatic heterocycles. The molecule has 0 aromatic carbocycles. The molecule has 1 aliphatic carbocycles. The van der Waals surface area contributed by atoms with Crippen LogP contribution >= 0.6 is 0 Å². The van der Waals surface area contributed by atoms with Gasteiger partial charge >= 0.3 is 0 Å². The predicted octanol–water partition coefficient (Wildman–Crippen LogP) is 1.84. The SMILES string of the molecule is c1cc(OC2CCCC2)ncc1CNC1=NCCCN1. The van der Waals surface area contributed by atoms with Crippen LogP contribution in [0.15, 0.2) is 23.3 Å². The Morgan fingerprint density at radius 3 is 2.85 bits per heavy atom. The number of aromatic nitrogens is 1. The molecule has 2 N–H and O–H groups in total.